The number of rotatable bonds is 5. The number of hydrogen-bond donors (Lipinski definition) is 1. The Bertz CT molecular complexity index is 287. The molecule has 0 radical (unpaired) electrons. The number of nitrogens with zero attached hydrogens (tertiary/aromatic N) is 1. The van der Waals surface area contributed by atoms with Gasteiger partial charge < -0.3 is 15.4 Å². The number of hydrogen-bond acceptors (Lipinski definition) is 3. The fraction of sp³-hybridized carbons (Fsp3) is 0.917. The molecule has 19 heavy (non-hydrogen) atoms. The van der Waals surface area contributed by atoms with Gasteiger partial charge in [-0.1, -0.05) is 0 Å². The molecular weight excluding hydrogens is 261 g/mol. The Balaban J connectivity index is 2.18. The van der Waals surface area contributed by atoms with Crippen LogP contribution in [0, 0.1) is 5.92 Å². The Kier molecular flexibility index (Phi) is 6.06. The van der Waals surface area contributed by atoms with Crippen molar-refractivity contribution in [3.63, 3.8) is 0 Å². The molecule has 1 aliphatic heterocycles. The second kappa shape index (κ2) is 7.09. The van der Waals surface area contributed by atoms with E-state index in [0.717, 1.165) is 12.8 Å². The van der Waals surface area contributed by atoms with E-state index in [2.05, 4.69) is 4.74 Å². The summed E-state index contributed by atoms with van der Waals surface area (Å²) in [6.07, 6.45) is -2.63. The van der Waals surface area contributed by atoms with Crippen molar-refractivity contribution in [1.82, 2.24) is 4.90 Å². The van der Waals surface area contributed by atoms with Crippen molar-refractivity contribution in [3.8, 4) is 0 Å². The molecule has 0 bridgehead atoms. The molecule has 7 heteroatoms. The quantitative estimate of drug-likeness (QED) is 0.778. The molecule has 1 amide bonds. The number of alkyl halides is 3. The highest BCUT2D eigenvalue weighted by Crippen LogP contribution is 2.20. The van der Waals surface area contributed by atoms with Gasteiger partial charge in [0.05, 0.1) is 13.0 Å². The molecule has 4 nitrogen and oxygen atoms in total. The summed E-state index contributed by atoms with van der Waals surface area (Å²) in [6, 6.07) is 0.118. The molecule has 1 fully saturated rings. The van der Waals surface area contributed by atoms with E-state index in [0.29, 0.717) is 19.0 Å². The standard InChI is InChI=1S/C12H21F3N2O2/c1-9(16)10-2-5-17(6-3-10)11(18)4-7-19-8-12(13,14)15/h9-10H,2-8,16H2,1H3. The number of piperidine rings is 1. The number of halogens is 3. The fourth-order valence-electron chi connectivity index (χ4n) is 2.18. The topological polar surface area (TPSA) is 55.6 Å². The minimum Gasteiger partial charge on any atom is -0.372 e. The third-order valence-corrected chi connectivity index (χ3v) is 3.36. The fourth-order valence-corrected chi connectivity index (χ4v) is 2.18. The van der Waals surface area contributed by atoms with Crippen LogP contribution in [0.1, 0.15) is 26.2 Å². The van der Waals surface area contributed by atoms with E-state index < -0.39 is 12.8 Å². The summed E-state index contributed by atoms with van der Waals surface area (Å²) in [4.78, 5) is 13.4. The molecule has 0 spiro atoms. The zero-order chi connectivity index (χ0) is 14.5. The highest BCUT2D eigenvalue weighted by molar-refractivity contribution is 5.76. The molecule has 1 unspecified atom stereocenters. The number of nitrogens with two attached hydrogens (primary N) is 1. The van der Waals surface area contributed by atoms with Crippen molar-refractivity contribution in [2.24, 2.45) is 11.7 Å². The summed E-state index contributed by atoms with van der Waals surface area (Å²) in [5.41, 5.74) is 5.80. The first kappa shape index (κ1) is 16.2. The van der Waals surface area contributed by atoms with E-state index in [-0.39, 0.29) is 25.0 Å². The molecule has 0 aromatic carbocycles. The zero-order valence-corrected chi connectivity index (χ0v) is 11.1. The largest absolute Gasteiger partial charge is 0.411 e. The molecular formula is C12H21F3N2O2. The van der Waals surface area contributed by atoms with Gasteiger partial charge in [0.25, 0.3) is 0 Å². The average Bonchev–Trinajstić information content (AvgIpc) is 2.33. The summed E-state index contributed by atoms with van der Waals surface area (Å²) < 4.78 is 39.9. The normalized spacial score (nSPS) is 19.5. The lowest BCUT2D eigenvalue weighted by Crippen LogP contribution is -2.42. The van der Waals surface area contributed by atoms with Crippen molar-refractivity contribution < 1.29 is 22.7 Å². The van der Waals surface area contributed by atoms with Gasteiger partial charge in [0.2, 0.25) is 5.91 Å². The molecule has 0 aromatic heterocycles. The van der Waals surface area contributed by atoms with Crippen LogP contribution >= 0.6 is 0 Å². The van der Waals surface area contributed by atoms with Crippen LogP contribution in [0.25, 0.3) is 0 Å². The first-order valence-electron chi connectivity index (χ1n) is 6.47. The summed E-state index contributed by atoms with van der Waals surface area (Å²) in [5.74, 6) is 0.274. The van der Waals surface area contributed by atoms with Crippen LogP contribution in [0.3, 0.4) is 0 Å². The van der Waals surface area contributed by atoms with Crippen LogP contribution in [0.2, 0.25) is 0 Å². The Hall–Kier alpha value is -0.820. The second-order valence-corrected chi connectivity index (χ2v) is 5.00. The zero-order valence-electron chi connectivity index (χ0n) is 11.1. The highest BCUT2D eigenvalue weighted by atomic mass is 19.4. The third kappa shape index (κ3) is 6.24. The molecule has 0 aromatic rings. The summed E-state index contributed by atoms with van der Waals surface area (Å²) in [7, 11) is 0. The number of ether oxygens (including phenoxy) is 1. The smallest absolute Gasteiger partial charge is 0.372 e. The van der Waals surface area contributed by atoms with Gasteiger partial charge >= 0.3 is 6.18 Å². The maximum Gasteiger partial charge on any atom is 0.411 e. The van der Waals surface area contributed by atoms with Gasteiger partial charge in [0, 0.05) is 19.1 Å². The Morgan fingerprint density at radius 2 is 2.00 bits per heavy atom. The first-order chi connectivity index (χ1) is 8.79. The summed E-state index contributed by atoms with van der Waals surface area (Å²) >= 11 is 0. The molecule has 112 valence electrons. The third-order valence-electron chi connectivity index (χ3n) is 3.36. The van der Waals surface area contributed by atoms with Gasteiger partial charge in [-0.15, -0.1) is 0 Å². The predicted molar refractivity (Wildman–Crippen MR) is 64.4 cm³/mol. The number of likely N-dealkylation sites (tertiary alicyclic amines) is 1. The maximum absolute atomic E-state index is 11.8. The van der Waals surface area contributed by atoms with Gasteiger partial charge in [0.1, 0.15) is 6.61 Å². The van der Waals surface area contributed by atoms with Crippen molar-refractivity contribution in [1.29, 1.82) is 0 Å². The van der Waals surface area contributed by atoms with Crippen molar-refractivity contribution in [2.75, 3.05) is 26.3 Å². The van der Waals surface area contributed by atoms with Gasteiger partial charge in [-0.25, -0.2) is 0 Å². The lowest BCUT2D eigenvalue weighted by atomic mass is 9.91. The average molecular weight is 282 g/mol. The van der Waals surface area contributed by atoms with Crippen LogP contribution in [-0.4, -0.2) is 49.3 Å². The Labute approximate surface area is 111 Å². The van der Waals surface area contributed by atoms with Crippen molar-refractivity contribution >= 4 is 5.91 Å². The minimum atomic E-state index is -4.33. The van der Waals surface area contributed by atoms with E-state index in [1.165, 1.54) is 0 Å². The Morgan fingerprint density at radius 3 is 2.47 bits per heavy atom. The van der Waals surface area contributed by atoms with Crippen LogP contribution < -0.4 is 5.73 Å². The number of carbonyl (C=O) groups is 1. The molecule has 1 heterocycles. The SMILES string of the molecule is CC(N)C1CCN(C(=O)CCOCC(F)(F)F)CC1. The number of amides is 1. The summed E-state index contributed by atoms with van der Waals surface area (Å²) in [5, 5.41) is 0. The second-order valence-electron chi connectivity index (χ2n) is 5.00. The Morgan fingerprint density at radius 1 is 1.42 bits per heavy atom. The molecule has 2 N–H and O–H groups in total. The highest BCUT2D eigenvalue weighted by Gasteiger charge is 2.28. The molecule has 0 saturated carbocycles. The van der Waals surface area contributed by atoms with E-state index >= 15 is 0 Å². The number of carbonyl (C=O) groups excluding carboxylic acids is 1. The van der Waals surface area contributed by atoms with Crippen molar-refractivity contribution in [2.45, 2.75) is 38.4 Å². The van der Waals surface area contributed by atoms with E-state index in [1.54, 1.807) is 4.90 Å². The van der Waals surface area contributed by atoms with Crippen LogP contribution in [0.4, 0.5) is 13.2 Å². The van der Waals surface area contributed by atoms with E-state index in [4.69, 9.17) is 5.73 Å². The van der Waals surface area contributed by atoms with E-state index in [9.17, 15) is 18.0 Å². The van der Waals surface area contributed by atoms with Gasteiger partial charge in [-0.05, 0) is 25.7 Å². The maximum atomic E-state index is 11.8. The molecule has 1 atom stereocenters. The molecule has 1 rings (SSSR count). The lowest BCUT2D eigenvalue weighted by Gasteiger charge is -2.33. The monoisotopic (exact) mass is 282 g/mol. The first-order valence-corrected chi connectivity index (χ1v) is 6.47. The van der Waals surface area contributed by atoms with Gasteiger partial charge in [0.15, 0.2) is 0 Å². The van der Waals surface area contributed by atoms with E-state index in [1.807, 2.05) is 6.92 Å². The van der Waals surface area contributed by atoms with Gasteiger partial charge in [-0.3, -0.25) is 4.79 Å². The molecule has 0 aliphatic carbocycles. The van der Waals surface area contributed by atoms with Crippen LogP contribution in [0.5, 0.6) is 0 Å². The predicted octanol–water partition coefficient (Wildman–Crippen LogP) is 1.54. The minimum absolute atomic E-state index is 0.00107. The summed E-state index contributed by atoms with van der Waals surface area (Å²) in [6.45, 7) is 1.72. The van der Waals surface area contributed by atoms with Crippen molar-refractivity contribution in [3.05, 3.63) is 0 Å². The van der Waals surface area contributed by atoms with Gasteiger partial charge in [-0.2, -0.15) is 13.2 Å². The van der Waals surface area contributed by atoms with Crippen LogP contribution in [0.15, 0.2) is 0 Å². The van der Waals surface area contributed by atoms with Crippen LogP contribution in [-0.2, 0) is 9.53 Å². The molecule has 1 saturated heterocycles. The lowest BCUT2D eigenvalue weighted by molar-refractivity contribution is -0.175. The molecule has 1 aliphatic rings.